The number of benzene rings is 1. The van der Waals surface area contributed by atoms with Crippen molar-refractivity contribution in [2.24, 2.45) is 0 Å². The quantitative estimate of drug-likeness (QED) is 0.628. The van der Waals surface area contributed by atoms with Gasteiger partial charge in [-0.1, -0.05) is 11.6 Å². The first-order valence-electron chi connectivity index (χ1n) is 6.02. The number of amides is 1. The topological polar surface area (TPSA) is 63.5 Å². The first kappa shape index (κ1) is 15.4. The summed E-state index contributed by atoms with van der Waals surface area (Å²) in [7, 11) is 0. The summed E-state index contributed by atoms with van der Waals surface area (Å²) >= 11 is 5.98. The molecule has 104 valence electrons. The lowest BCUT2D eigenvalue weighted by Crippen LogP contribution is -2.42. The summed E-state index contributed by atoms with van der Waals surface area (Å²) in [6.07, 6.45) is 0. The second-order valence-corrected chi connectivity index (χ2v) is 5.23. The number of carbonyl (C=O) groups is 1. The van der Waals surface area contributed by atoms with Crippen molar-refractivity contribution in [1.29, 1.82) is 0 Å². The van der Waals surface area contributed by atoms with Gasteiger partial charge >= 0.3 is 0 Å². The van der Waals surface area contributed by atoms with E-state index in [1.807, 2.05) is 27.7 Å². The molecule has 0 aliphatic carbocycles. The Kier molecular flexibility index (Phi) is 4.89. The van der Waals surface area contributed by atoms with Gasteiger partial charge in [-0.15, -0.1) is 0 Å². The zero-order valence-electron chi connectivity index (χ0n) is 11.4. The summed E-state index contributed by atoms with van der Waals surface area (Å²) in [4.78, 5) is 24.3. The van der Waals surface area contributed by atoms with Crippen molar-refractivity contribution < 1.29 is 9.72 Å². The molecule has 6 heteroatoms. The fraction of sp³-hybridized carbons (Fsp3) is 0.462. The number of rotatable bonds is 4. The van der Waals surface area contributed by atoms with Crippen LogP contribution in [-0.2, 0) is 0 Å². The van der Waals surface area contributed by atoms with Gasteiger partial charge in [0.2, 0.25) is 0 Å². The molecule has 0 saturated heterocycles. The molecule has 1 aromatic rings. The molecule has 1 amide bonds. The number of nitro benzene ring substituents is 1. The van der Waals surface area contributed by atoms with Crippen LogP contribution in [0.3, 0.4) is 0 Å². The molecule has 19 heavy (non-hydrogen) atoms. The second kappa shape index (κ2) is 6.02. The molecule has 0 N–H and O–H groups in total. The SMILES string of the molecule is CC(C)N(C(=O)c1cc([N+](=O)[O-])ccc1Cl)C(C)C. The largest absolute Gasteiger partial charge is 0.334 e. The van der Waals surface area contributed by atoms with Crippen molar-refractivity contribution in [3.8, 4) is 0 Å². The summed E-state index contributed by atoms with van der Waals surface area (Å²) in [5.74, 6) is -0.293. The van der Waals surface area contributed by atoms with Gasteiger partial charge in [0.1, 0.15) is 0 Å². The van der Waals surface area contributed by atoms with Gasteiger partial charge in [0, 0.05) is 24.2 Å². The van der Waals surface area contributed by atoms with Crippen LogP contribution in [0, 0.1) is 10.1 Å². The first-order chi connectivity index (χ1) is 8.75. The fourth-order valence-corrected chi connectivity index (χ4v) is 2.19. The number of hydrogen-bond acceptors (Lipinski definition) is 3. The van der Waals surface area contributed by atoms with Crippen LogP contribution in [0.5, 0.6) is 0 Å². The molecule has 5 nitrogen and oxygen atoms in total. The molecular formula is C13H17ClN2O3. The highest BCUT2D eigenvalue weighted by molar-refractivity contribution is 6.33. The van der Waals surface area contributed by atoms with E-state index in [0.29, 0.717) is 0 Å². The maximum atomic E-state index is 12.4. The predicted molar refractivity (Wildman–Crippen MR) is 74.5 cm³/mol. The van der Waals surface area contributed by atoms with Crippen molar-refractivity contribution in [1.82, 2.24) is 4.90 Å². The van der Waals surface area contributed by atoms with E-state index in [4.69, 9.17) is 11.6 Å². The summed E-state index contributed by atoms with van der Waals surface area (Å²) < 4.78 is 0. The van der Waals surface area contributed by atoms with Crippen LogP contribution in [0.4, 0.5) is 5.69 Å². The summed E-state index contributed by atoms with van der Waals surface area (Å²) in [5, 5.41) is 11.0. The summed E-state index contributed by atoms with van der Waals surface area (Å²) in [5.41, 5.74) is 0.0264. The van der Waals surface area contributed by atoms with Gasteiger partial charge < -0.3 is 4.90 Å². The minimum atomic E-state index is -0.539. The Morgan fingerprint density at radius 2 is 1.79 bits per heavy atom. The fourth-order valence-electron chi connectivity index (χ4n) is 2.00. The van der Waals surface area contributed by atoms with Crippen molar-refractivity contribution >= 4 is 23.2 Å². The smallest absolute Gasteiger partial charge is 0.270 e. The highest BCUT2D eigenvalue weighted by Crippen LogP contribution is 2.24. The molecule has 0 radical (unpaired) electrons. The standard InChI is InChI=1S/C13H17ClN2O3/c1-8(2)15(9(3)4)13(17)11-7-10(16(18)19)5-6-12(11)14/h5-9H,1-4H3. The average Bonchev–Trinajstić information content (AvgIpc) is 2.27. The van der Waals surface area contributed by atoms with Crippen molar-refractivity contribution in [2.45, 2.75) is 39.8 Å². The summed E-state index contributed by atoms with van der Waals surface area (Å²) in [6, 6.07) is 3.87. The molecule has 0 fully saturated rings. The Hall–Kier alpha value is -1.62. The molecule has 0 bridgehead atoms. The van der Waals surface area contributed by atoms with Crippen LogP contribution in [0.2, 0.25) is 5.02 Å². The lowest BCUT2D eigenvalue weighted by Gasteiger charge is -2.31. The third-order valence-corrected chi connectivity index (χ3v) is 3.07. The highest BCUT2D eigenvalue weighted by atomic mass is 35.5. The van der Waals surface area contributed by atoms with Crippen LogP contribution >= 0.6 is 11.6 Å². The van der Waals surface area contributed by atoms with Crippen LogP contribution in [0.1, 0.15) is 38.1 Å². The Balaban J connectivity index is 3.24. The van der Waals surface area contributed by atoms with Gasteiger partial charge in [-0.05, 0) is 33.8 Å². The first-order valence-corrected chi connectivity index (χ1v) is 6.40. The van der Waals surface area contributed by atoms with E-state index in [9.17, 15) is 14.9 Å². The van der Waals surface area contributed by atoms with Crippen LogP contribution in [0.25, 0.3) is 0 Å². The lowest BCUT2D eigenvalue weighted by atomic mass is 10.1. The monoisotopic (exact) mass is 284 g/mol. The molecule has 0 heterocycles. The van der Waals surface area contributed by atoms with Crippen LogP contribution < -0.4 is 0 Å². The maximum Gasteiger partial charge on any atom is 0.270 e. The molecule has 0 atom stereocenters. The molecule has 0 aliphatic rings. The maximum absolute atomic E-state index is 12.4. The minimum Gasteiger partial charge on any atom is -0.334 e. The molecule has 0 aliphatic heterocycles. The number of nitrogens with zero attached hydrogens (tertiary/aromatic N) is 2. The van der Waals surface area contributed by atoms with Gasteiger partial charge in [-0.2, -0.15) is 0 Å². The van der Waals surface area contributed by atoms with Gasteiger partial charge in [-0.25, -0.2) is 0 Å². The number of nitro groups is 1. The van der Waals surface area contributed by atoms with E-state index in [1.165, 1.54) is 18.2 Å². The zero-order valence-corrected chi connectivity index (χ0v) is 12.1. The molecule has 1 aromatic carbocycles. The number of halogens is 1. The van der Waals surface area contributed by atoms with Gasteiger partial charge in [0.15, 0.2) is 0 Å². The van der Waals surface area contributed by atoms with Crippen molar-refractivity contribution in [2.75, 3.05) is 0 Å². The van der Waals surface area contributed by atoms with Crippen molar-refractivity contribution in [3.63, 3.8) is 0 Å². The van der Waals surface area contributed by atoms with Crippen molar-refractivity contribution in [3.05, 3.63) is 38.9 Å². The average molecular weight is 285 g/mol. The van der Waals surface area contributed by atoms with E-state index >= 15 is 0 Å². The number of carbonyl (C=O) groups excluding carboxylic acids is 1. The predicted octanol–water partition coefficient (Wildman–Crippen LogP) is 3.51. The van der Waals surface area contributed by atoms with Gasteiger partial charge in [0.25, 0.3) is 11.6 Å². The highest BCUT2D eigenvalue weighted by Gasteiger charge is 2.25. The van der Waals surface area contributed by atoms with E-state index < -0.39 is 4.92 Å². The number of hydrogen-bond donors (Lipinski definition) is 0. The number of non-ortho nitro benzene ring substituents is 1. The Labute approximate surface area is 117 Å². The summed E-state index contributed by atoms with van der Waals surface area (Å²) in [6.45, 7) is 7.57. The molecule has 0 aromatic heterocycles. The molecular weight excluding hydrogens is 268 g/mol. The van der Waals surface area contributed by atoms with E-state index in [0.717, 1.165) is 0 Å². The Morgan fingerprint density at radius 1 is 1.26 bits per heavy atom. The Morgan fingerprint density at radius 3 is 2.21 bits per heavy atom. The zero-order chi connectivity index (χ0) is 14.7. The van der Waals surface area contributed by atoms with Gasteiger partial charge in [-0.3, -0.25) is 14.9 Å². The third kappa shape index (κ3) is 3.44. The lowest BCUT2D eigenvalue weighted by molar-refractivity contribution is -0.384. The molecule has 1 rings (SSSR count). The molecule has 0 saturated carbocycles. The normalized spacial score (nSPS) is 10.9. The molecule has 0 spiro atoms. The second-order valence-electron chi connectivity index (χ2n) is 4.82. The van der Waals surface area contributed by atoms with E-state index in [2.05, 4.69) is 0 Å². The van der Waals surface area contributed by atoms with E-state index in [-0.39, 0.29) is 34.3 Å². The van der Waals surface area contributed by atoms with Gasteiger partial charge in [0.05, 0.1) is 15.5 Å². The van der Waals surface area contributed by atoms with Crippen LogP contribution in [-0.4, -0.2) is 27.8 Å². The third-order valence-electron chi connectivity index (χ3n) is 2.74. The molecule has 0 unspecified atom stereocenters. The Bertz CT molecular complexity index is 493. The minimum absolute atomic E-state index is 0.0113. The van der Waals surface area contributed by atoms with E-state index in [1.54, 1.807) is 4.90 Å². The van der Waals surface area contributed by atoms with Crippen LogP contribution in [0.15, 0.2) is 18.2 Å².